The summed E-state index contributed by atoms with van der Waals surface area (Å²) in [5.41, 5.74) is 10.1. The molecule has 0 bridgehead atoms. The lowest BCUT2D eigenvalue weighted by atomic mass is 10.2. The molecule has 22 heavy (non-hydrogen) atoms. The minimum absolute atomic E-state index is 0.387. The van der Waals surface area contributed by atoms with Gasteiger partial charge in [-0.15, -0.1) is 0 Å². The van der Waals surface area contributed by atoms with Gasteiger partial charge in [0, 0.05) is 12.7 Å². The number of imidazole rings is 1. The molecule has 0 spiro atoms. The fourth-order valence-electron chi connectivity index (χ4n) is 2.40. The zero-order chi connectivity index (χ0) is 15.5. The molecule has 0 unspecified atom stereocenters. The van der Waals surface area contributed by atoms with Gasteiger partial charge in [-0.2, -0.15) is 0 Å². The molecule has 0 aliphatic rings. The third kappa shape index (κ3) is 2.93. The zero-order valence-electron chi connectivity index (χ0n) is 12.7. The Morgan fingerprint density at radius 3 is 2.82 bits per heavy atom. The Kier molecular flexibility index (Phi) is 3.78. The van der Waals surface area contributed by atoms with Gasteiger partial charge in [0.2, 0.25) is 0 Å². The molecule has 3 aromatic rings. The average molecular weight is 293 g/mol. The zero-order valence-corrected chi connectivity index (χ0v) is 12.7. The molecule has 0 aliphatic heterocycles. The van der Waals surface area contributed by atoms with Crippen LogP contribution in [0.1, 0.15) is 11.4 Å². The van der Waals surface area contributed by atoms with Crippen molar-refractivity contribution in [2.24, 2.45) is 17.8 Å². The minimum atomic E-state index is 0.387. The Labute approximate surface area is 129 Å². The van der Waals surface area contributed by atoms with E-state index < -0.39 is 0 Å². The van der Waals surface area contributed by atoms with Crippen LogP contribution >= 0.6 is 0 Å². The molecular weight excluding hydrogens is 274 g/mol. The molecule has 5 nitrogen and oxygen atoms in total. The van der Waals surface area contributed by atoms with E-state index in [1.807, 2.05) is 67.1 Å². The van der Waals surface area contributed by atoms with Crippen LogP contribution in [0.4, 0.5) is 5.69 Å². The Balaban J connectivity index is 1.76. The highest BCUT2D eigenvalue weighted by Gasteiger charge is 2.06. The lowest BCUT2D eigenvalue weighted by Gasteiger charge is -2.06. The van der Waals surface area contributed by atoms with Gasteiger partial charge in [-0.05, 0) is 36.8 Å². The first-order chi connectivity index (χ1) is 10.6. The third-order valence-electron chi connectivity index (χ3n) is 3.56. The van der Waals surface area contributed by atoms with Gasteiger partial charge in [-0.3, -0.25) is 0 Å². The molecule has 0 saturated carbocycles. The molecule has 0 atom stereocenters. The van der Waals surface area contributed by atoms with Gasteiger partial charge in [0.1, 0.15) is 12.4 Å². The number of guanidine groups is 1. The predicted molar refractivity (Wildman–Crippen MR) is 90.8 cm³/mol. The molecule has 0 amide bonds. The minimum Gasteiger partial charge on any atom is -0.370 e. The van der Waals surface area contributed by atoms with Gasteiger partial charge < -0.3 is 15.6 Å². The van der Waals surface area contributed by atoms with E-state index in [2.05, 4.69) is 15.3 Å². The number of nitrogens with zero attached hydrogens (tertiary/aromatic N) is 3. The number of para-hydroxylation sites is 2. The van der Waals surface area contributed by atoms with Crippen LogP contribution in [-0.2, 0) is 13.6 Å². The SMILES string of the molecule is Cc1cccc(NC(N)=NCc2nc3ccccc3n2C)c1. The summed E-state index contributed by atoms with van der Waals surface area (Å²) in [6.45, 7) is 2.48. The highest BCUT2D eigenvalue weighted by molar-refractivity contribution is 5.92. The number of benzene rings is 2. The summed E-state index contributed by atoms with van der Waals surface area (Å²) in [4.78, 5) is 8.95. The number of fused-ring (bicyclic) bond motifs is 1. The van der Waals surface area contributed by atoms with Gasteiger partial charge in [0.05, 0.1) is 11.0 Å². The van der Waals surface area contributed by atoms with Crippen molar-refractivity contribution in [2.75, 3.05) is 5.32 Å². The monoisotopic (exact) mass is 293 g/mol. The van der Waals surface area contributed by atoms with E-state index in [0.717, 1.165) is 22.5 Å². The van der Waals surface area contributed by atoms with Crippen molar-refractivity contribution in [1.82, 2.24) is 9.55 Å². The van der Waals surface area contributed by atoms with Crippen molar-refractivity contribution in [1.29, 1.82) is 0 Å². The first-order valence-corrected chi connectivity index (χ1v) is 7.17. The first kappa shape index (κ1) is 14.1. The second-order valence-corrected chi connectivity index (χ2v) is 5.27. The number of aliphatic imine (C=N–C) groups is 1. The Morgan fingerprint density at radius 2 is 2.05 bits per heavy atom. The second-order valence-electron chi connectivity index (χ2n) is 5.27. The van der Waals surface area contributed by atoms with Crippen molar-refractivity contribution in [3.8, 4) is 0 Å². The number of aryl methyl sites for hydroxylation is 2. The molecule has 0 radical (unpaired) electrons. The summed E-state index contributed by atoms with van der Waals surface area (Å²) in [7, 11) is 1.99. The Morgan fingerprint density at radius 1 is 1.23 bits per heavy atom. The van der Waals surface area contributed by atoms with E-state index >= 15 is 0 Å². The highest BCUT2D eigenvalue weighted by Crippen LogP contribution is 2.15. The summed E-state index contributed by atoms with van der Waals surface area (Å²) < 4.78 is 2.04. The molecule has 2 aromatic carbocycles. The van der Waals surface area contributed by atoms with Crippen LogP contribution in [0.15, 0.2) is 53.5 Å². The maximum absolute atomic E-state index is 5.95. The van der Waals surface area contributed by atoms with Crippen molar-refractivity contribution < 1.29 is 0 Å². The molecule has 0 aliphatic carbocycles. The number of aromatic nitrogens is 2. The van der Waals surface area contributed by atoms with Gasteiger partial charge >= 0.3 is 0 Å². The third-order valence-corrected chi connectivity index (χ3v) is 3.56. The maximum atomic E-state index is 5.95. The Bertz CT molecular complexity index is 832. The lowest BCUT2D eigenvalue weighted by molar-refractivity contribution is 0.812. The Hall–Kier alpha value is -2.82. The predicted octanol–water partition coefficient (Wildman–Crippen LogP) is 2.81. The number of anilines is 1. The first-order valence-electron chi connectivity index (χ1n) is 7.17. The van der Waals surface area contributed by atoms with E-state index in [1.165, 1.54) is 5.56 Å². The van der Waals surface area contributed by atoms with Gasteiger partial charge in [-0.1, -0.05) is 24.3 Å². The van der Waals surface area contributed by atoms with Gasteiger partial charge in [0.15, 0.2) is 5.96 Å². The van der Waals surface area contributed by atoms with Crippen LogP contribution < -0.4 is 11.1 Å². The van der Waals surface area contributed by atoms with E-state index in [0.29, 0.717) is 12.5 Å². The van der Waals surface area contributed by atoms with Crippen molar-refractivity contribution in [2.45, 2.75) is 13.5 Å². The standard InChI is InChI=1S/C17H19N5/c1-12-6-5-7-13(10-12)20-17(18)19-11-16-21-14-8-3-4-9-15(14)22(16)2/h3-10H,11H2,1-2H3,(H3,18,19,20). The van der Waals surface area contributed by atoms with Gasteiger partial charge in [0.25, 0.3) is 0 Å². The molecule has 112 valence electrons. The van der Waals surface area contributed by atoms with Crippen LogP contribution in [0.25, 0.3) is 11.0 Å². The van der Waals surface area contributed by atoms with E-state index in [1.54, 1.807) is 0 Å². The molecule has 3 rings (SSSR count). The summed E-state index contributed by atoms with van der Waals surface area (Å²) in [5.74, 6) is 1.27. The number of hydrogen-bond donors (Lipinski definition) is 2. The normalized spacial score (nSPS) is 11.8. The largest absolute Gasteiger partial charge is 0.370 e. The fourth-order valence-corrected chi connectivity index (χ4v) is 2.40. The average Bonchev–Trinajstić information content (AvgIpc) is 2.82. The molecule has 0 fully saturated rings. The van der Waals surface area contributed by atoms with E-state index in [9.17, 15) is 0 Å². The van der Waals surface area contributed by atoms with Crippen LogP contribution in [0.3, 0.4) is 0 Å². The van der Waals surface area contributed by atoms with Crippen molar-refractivity contribution >= 4 is 22.7 Å². The topological polar surface area (TPSA) is 68.2 Å². The van der Waals surface area contributed by atoms with Gasteiger partial charge in [-0.25, -0.2) is 9.98 Å². The molecule has 1 heterocycles. The van der Waals surface area contributed by atoms with Crippen LogP contribution in [0.5, 0.6) is 0 Å². The maximum Gasteiger partial charge on any atom is 0.193 e. The quantitative estimate of drug-likeness (QED) is 0.576. The molecular formula is C17H19N5. The summed E-state index contributed by atoms with van der Waals surface area (Å²) in [6.07, 6.45) is 0. The molecule has 0 saturated heterocycles. The van der Waals surface area contributed by atoms with Crippen LogP contribution in [0, 0.1) is 6.92 Å². The van der Waals surface area contributed by atoms with Crippen molar-refractivity contribution in [3.05, 3.63) is 59.9 Å². The number of hydrogen-bond acceptors (Lipinski definition) is 2. The number of rotatable bonds is 3. The van der Waals surface area contributed by atoms with Crippen LogP contribution in [0.2, 0.25) is 0 Å². The number of nitrogens with two attached hydrogens (primary N) is 1. The lowest BCUT2D eigenvalue weighted by Crippen LogP contribution is -2.22. The van der Waals surface area contributed by atoms with Crippen LogP contribution in [-0.4, -0.2) is 15.5 Å². The summed E-state index contributed by atoms with van der Waals surface area (Å²) in [6, 6.07) is 16.0. The molecule has 3 N–H and O–H groups in total. The highest BCUT2D eigenvalue weighted by atomic mass is 15.1. The smallest absolute Gasteiger partial charge is 0.193 e. The number of nitrogens with one attached hydrogen (secondary N) is 1. The summed E-state index contributed by atoms with van der Waals surface area (Å²) >= 11 is 0. The fraction of sp³-hybridized carbons (Fsp3) is 0.176. The van der Waals surface area contributed by atoms with Crippen molar-refractivity contribution in [3.63, 3.8) is 0 Å². The molecule has 1 aromatic heterocycles. The summed E-state index contributed by atoms with van der Waals surface area (Å²) in [5, 5.41) is 3.10. The second kappa shape index (κ2) is 5.89. The van der Waals surface area contributed by atoms with E-state index in [4.69, 9.17) is 5.73 Å². The molecule has 5 heteroatoms. The van der Waals surface area contributed by atoms with E-state index in [-0.39, 0.29) is 0 Å².